The molecule has 0 spiro atoms. The summed E-state index contributed by atoms with van der Waals surface area (Å²) < 4.78 is 5.37. The number of nitrogens with zero attached hydrogens (tertiary/aromatic N) is 6. The molecule has 120 valence electrons. The molecule has 7 heteroatoms. The van der Waals surface area contributed by atoms with Gasteiger partial charge in [0.15, 0.2) is 5.58 Å². The normalized spacial score (nSPS) is 15.5. The third kappa shape index (κ3) is 2.79. The summed E-state index contributed by atoms with van der Waals surface area (Å²) in [5, 5.41) is 14.2. The first kappa shape index (κ1) is 14.6. The van der Waals surface area contributed by atoms with Gasteiger partial charge in [-0.05, 0) is 18.2 Å². The van der Waals surface area contributed by atoms with Crippen LogP contribution in [0.3, 0.4) is 0 Å². The average Bonchev–Trinajstić information content (AvgIpc) is 3.05. The lowest BCUT2D eigenvalue weighted by Gasteiger charge is -2.34. The first-order valence-corrected chi connectivity index (χ1v) is 7.87. The molecule has 3 aromatic rings. The number of benzene rings is 1. The molecule has 7 nitrogen and oxygen atoms in total. The summed E-state index contributed by atoms with van der Waals surface area (Å²) in [7, 11) is 0. The van der Waals surface area contributed by atoms with Crippen LogP contribution in [0, 0.1) is 11.3 Å². The predicted octanol–water partition coefficient (Wildman–Crippen LogP) is 1.81. The van der Waals surface area contributed by atoms with Crippen LogP contribution in [0.4, 0.5) is 5.95 Å². The van der Waals surface area contributed by atoms with Crippen LogP contribution >= 0.6 is 0 Å². The van der Waals surface area contributed by atoms with Gasteiger partial charge in [0.25, 0.3) is 0 Å². The summed E-state index contributed by atoms with van der Waals surface area (Å²) in [6.45, 7) is 4.20. The Bertz CT molecular complexity index is 891. The lowest BCUT2D eigenvalue weighted by molar-refractivity contribution is 0.242. The van der Waals surface area contributed by atoms with Crippen LogP contribution in [0.2, 0.25) is 0 Å². The topological polar surface area (TPSA) is 82.1 Å². The maximum absolute atomic E-state index is 8.95. The van der Waals surface area contributed by atoms with Crippen LogP contribution in [0.5, 0.6) is 0 Å². The molecule has 0 aliphatic carbocycles. The number of fused-ring (bicyclic) bond motifs is 1. The molecule has 0 saturated carbocycles. The van der Waals surface area contributed by atoms with E-state index in [0.29, 0.717) is 11.6 Å². The molecule has 3 heterocycles. The van der Waals surface area contributed by atoms with Crippen molar-refractivity contribution in [1.82, 2.24) is 20.0 Å². The minimum atomic E-state index is 0.400. The zero-order valence-electron chi connectivity index (χ0n) is 13.1. The number of piperazine rings is 1. The van der Waals surface area contributed by atoms with Gasteiger partial charge >= 0.3 is 0 Å². The Labute approximate surface area is 139 Å². The van der Waals surface area contributed by atoms with Crippen LogP contribution in [0.25, 0.3) is 11.0 Å². The van der Waals surface area contributed by atoms with Crippen LogP contribution in [0.15, 0.2) is 41.1 Å². The Balaban J connectivity index is 1.42. The fraction of sp³-hybridized carbons (Fsp3) is 0.294. The van der Waals surface area contributed by atoms with E-state index in [4.69, 9.17) is 9.78 Å². The van der Waals surface area contributed by atoms with Crippen LogP contribution in [-0.4, -0.2) is 46.2 Å². The largest absolute Gasteiger partial charge is 0.356 e. The van der Waals surface area contributed by atoms with Gasteiger partial charge in [0.1, 0.15) is 17.5 Å². The minimum Gasteiger partial charge on any atom is -0.356 e. The second-order valence-corrected chi connectivity index (χ2v) is 5.74. The van der Waals surface area contributed by atoms with E-state index in [2.05, 4.69) is 31.0 Å². The summed E-state index contributed by atoms with van der Waals surface area (Å²) in [6, 6.07) is 11.6. The fourth-order valence-corrected chi connectivity index (χ4v) is 2.93. The Morgan fingerprint density at radius 3 is 2.79 bits per heavy atom. The maximum atomic E-state index is 8.95. The predicted molar refractivity (Wildman–Crippen MR) is 88.2 cm³/mol. The summed E-state index contributed by atoms with van der Waals surface area (Å²) in [5.74, 6) is 0.626. The van der Waals surface area contributed by atoms with Crippen molar-refractivity contribution in [3.05, 3.63) is 47.9 Å². The molecule has 1 aromatic carbocycles. The van der Waals surface area contributed by atoms with Crippen molar-refractivity contribution in [2.45, 2.75) is 6.54 Å². The number of nitriles is 1. The van der Waals surface area contributed by atoms with Gasteiger partial charge in [0, 0.05) is 44.3 Å². The van der Waals surface area contributed by atoms with E-state index in [1.54, 1.807) is 12.3 Å². The standard InChI is InChI=1S/C17H16N6O/c18-11-13-5-6-19-17(20-13)23-9-7-22(8-10-23)12-15-14-3-1-2-4-16(14)24-21-15/h1-6H,7-10,12H2. The average molecular weight is 320 g/mol. The smallest absolute Gasteiger partial charge is 0.226 e. The van der Waals surface area contributed by atoms with Crippen molar-refractivity contribution in [2.24, 2.45) is 0 Å². The molecule has 0 amide bonds. The summed E-state index contributed by atoms with van der Waals surface area (Å²) in [4.78, 5) is 13.0. The van der Waals surface area contributed by atoms with Crippen LogP contribution in [0.1, 0.15) is 11.4 Å². The van der Waals surface area contributed by atoms with E-state index in [1.807, 2.05) is 24.3 Å². The van der Waals surface area contributed by atoms with Crippen molar-refractivity contribution in [3.8, 4) is 6.07 Å². The van der Waals surface area contributed by atoms with Crippen LogP contribution < -0.4 is 4.90 Å². The third-order valence-electron chi connectivity index (χ3n) is 4.24. The molecule has 1 fully saturated rings. The van der Waals surface area contributed by atoms with Gasteiger partial charge in [-0.3, -0.25) is 4.90 Å². The number of aromatic nitrogens is 3. The van der Waals surface area contributed by atoms with Crippen molar-refractivity contribution in [3.63, 3.8) is 0 Å². The highest BCUT2D eigenvalue weighted by Crippen LogP contribution is 2.20. The highest BCUT2D eigenvalue weighted by Gasteiger charge is 2.21. The molecule has 0 N–H and O–H groups in total. The highest BCUT2D eigenvalue weighted by atomic mass is 16.5. The molecule has 4 rings (SSSR count). The second kappa shape index (κ2) is 6.26. The van der Waals surface area contributed by atoms with Gasteiger partial charge in [-0.2, -0.15) is 5.26 Å². The van der Waals surface area contributed by atoms with E-state index in [9.17, 15) is 0 Å². The number of anilines is 1. The van der Waals surface area contributed by atoms with Gasteiger partial charge in [-0.25, -0.2) is 9.97 Å². The molecule has 0 bridgehead atoms. The van der Waals surface area contributed by atoms with E-state index < -0.39 is 0 Å². The van der Waals surface area contributed by atoms with Crippen molar-refractivity contribution in [2.75, 3.05) is 31.1 Å². The van der Waals surface area contributed by atoms with Gasteiger partial charge in [-0.15, -0.1) is 0 Å². The van der Waals surface area contributed by atoms with Gasteiger partial charge in [0.05, 0.1) is 0 Å². The van der Waals surface area contributed by atoms with Gasteiger partial charge in [0.2, 0.25) is 5.95 Å². The fourth-order valence-electron chi connectivity index (χ4n) is 2.93. The molecule has 1 aliphatic rings. The molecule has 2 aromatic heterocycles. The van der Waals surface area contributed by atoms with Crippen LogP contribution in [-0.2, 0) is 6.54 Å². The summed E-state index contributed by atoms with van der Waals surface area (Å²) in [5.41, 5.74) is 2.20. The van der Waals surface area contributed by atoms with E-state index in [-0.39, 0.29) is 0 Å². The van der Waals surface area contributed by atoms with Gasteiger partial charge < -0.3 is 9.42 Å². The lowest BCUT2D eigenvalue weighted by atomic mass is 10.2. The number of hydrogen-bond acceptors (Lipinski definition) is 7. The quantitative estimate of drug-likeness (QED) is 0.728. The monoisotopic (exact) mass is 320 g/mol. The molecule has 0 unspecified atom stereocenters. The minimum absolute atomic E-state index is 0.400. The third-order valence-corrected chi connectivity index (χ3v) is 4.24. The Morgan fingerprint density at radius 2 is 1.96 bits per heavy atom. The molecular weight excluding hydrogens is 304 g/mol. The maximum Gasteiger partial charge on any atom is 0.226 e. The first-order valence-electron chi connectivity index (χ1n) is 7.87. The van der Waals surface area contributed by atoms with Gasteiger partial charge in [-0.1, -0.05) is 17.3 Å². The number of rotatable bonds is 3. The molecule has 0 radical (unpaired) electrons. The van der Waals surface area contributed by atoms with Crippen molar-refractivity contribution >= 4 is 16.9 Å². The molecule has 1 saturated heterocycles. The molecular formula is C17H16N6O. The van der Waals surface area contributed by atoms with E-state index in [0.717, 1.165) is 49.4 Å². The molecule has 0 atom stereocenters. The number of para-hydroxylation sites is 1. The highest BCUT2D eigenvalue weighted by molar-refractivity contribution is 5.79. The van der Waals surface area contributed by atoms with Crippen molar-refractivity contribution < 1.29 is 4.52 Å². The zero-order valence-corrected chi connectivity index (χ0v) is 13.1. The first-order chi connectivity index (χ1) is 11.8. The Morgan fingerprint density at radius 1 is 1.12 bits per heavy atom. The zero-order chi connectivity index (χ0) is 16.4. The Hall–Kier alpha value is -2.98. The second-order valence-electron chi connectivity index (χ2n) is 5.74. The summed E-state index contributed by atoms with van der Waals surface area (Å²) >= 11 is 0. The van der Waals surface area contributed by atoms with E-state index >= 15 is 0 Å². The molecule has 24 heavy (non-hydrogen) atoms. The van der Waals surface area contributed by atoms with E-state index in [1.165, 1.54) is 0 Å². The molecule has 1 aliphatic heterocycles. The SMILES string of the molecule is N#Cc1ccnc(N2CCN(Cc3noc4ccccc34)CC2)n1. The summed E-state index contributed by atoms with van der Waals surface area (Å²) in [6.07, 6.45) is 1.63. The number of hydrogen-bond donors (Lipinski definition) is 0. The van der Waals surface area contributed by atoms with Crippen molar-refractivity contribution in [1.29, 1.82) is 5.26 Å². The Kier molecular flexibility index (Phi) is 3.81. The lowest BCUT2D eigenvalue weighted by Crippen LogP contribution is -2.46.